The summed E-state index contributed by atoms with van der Waals surface area (Å²) < 4.78 is 6.32. The number of nitrogens with zero attached hydrogens (tertiary/aromatic N) is 2. The van der Waals surface area contributed by atoms with E-state index >= 15 is 0 Å². The van der Waals surface area contributed by atoms with Crippen molar-refractivity contribution in [2.75, 3.05) is 29.1 Å². The minimum Gasteiger partial charge on any atom is -0.383 e. The zero-order chi connectivity index (χ0) is 21.3. The third-order valence-corrected chi connectivity index (χ3v) is 5.41. The van der Waals surface area contributed by atoms with E-state index in [9.17, 15) is 14.7 Å². The Labute approximate surface area is 192 Å². The number of pyridine rings is 1. The molecule has 2 amide bonds. The van der Waals surface area contributed by atoms with Crippen molar-refractivity contribution in [1.82, 2.24) is 4.98 Å². The fraction of sp³-hybridized carbons (Fsp3) is 0.190. The van der Waals surface area contributed by atoms with Crippen molar-refractivity contribution < 1.29 is 19.4 Å². The molecule has 8 nitrogen and oxygen atoms in total. The molecule has 2 heterocycles. The van der Waals surface area contributed by atoms with Crippen molar-refractivity contribution in [1.29, 1.82) is 0 Å². The Morgan fingerprint density at radius 2 is 2.00 bits per heavy atom. The SMILES string of the molecule is Cl.Nc1nccc2cc(NC(=O)[C@H](O)[C@H]3OCCN(c4ccc(Br)cc4)C3=O)ccc12. The van der Waals surface area contributed by atoms with Gasteiger partial charge in [0.1, 0.15) is 5.82 Å². The molecule has 4 N–H and O–H groups in total. The van der Waals surface area contributed by atoms with E-state index < -0.39 is 24.0 Å². The van der Waals surface area contributed by atoms with Gasteiger partial charge in [-0.1, -0.05) is 15.9 Å². The molecule has 1 aliphatic heterocycles. The van der Waals surface area contributed by atoms with Crippen LogP contribution in [-0.2, 0) is 14.3 Å². The molecule has 0 aliphatic carbocycles. The minimum atomic E-state index is -1.66. The summed E-state index contributed by atoms with van der Waals surface area (Å²) in [4.78, 5) is 31.0. The van der Waals surface area contributed by atoms with Crippen LogP contribution in [0.5, 0.6) is 0 Å². The van der Waals surface area contributed by atoms with Crippen LogP contribution in [0.25, 0.3) is 10.8 Å². The quantitative estimate of drug-likeness (QED) is 0.500. The molecule has 0 radical (unpaired) electrons. The summed E-state index contributed by atoms with van der Waals surface area (Å²) in [5, 5.41) is 14.7. The first-order valence-corrected chi connectivity index (χ1v) is 10.0. The lowest BCUT2D eigenvalue weighted by Crippen LogP contribution is -2.55. The second kappa shape index (κ2) is 9.61. The molecular weight excluding hydrogens is 488 g/mol. The largest absolute Gasteiger partial charge is 0.383 e. The maximum absolute atomic E-state index is 12.8. The van der Waals surface area contributed by atoms with Gasteiger partial charge >= 0.3 is 0 Å². The maximum atomic E-state index is 12.8. The molecule has 1 fully saturated rings. The predicted octanol–water partition coefficient (Wildman–Crippen LogP) is 2.73. The summed E-state index contributed by atoms with van der Waals surface area (Å²) in [7, 11) is 0. The number of nitrogens with one attached hydrogen (secondary N) is 1. The van der Waals surface area contributed by atoms with E-state index in [2.05, 4.69) is 26.2 Å². The molecule has 4 rings (SSSR count). The Kier molecular flexibility index (Phi) is 7.11. The van der Waals surface area contributed by atoms with E-state index in [1.54, 1.807) is 42.6 Å². The molecule has 0 saturated carbocycles. The Bertz CT molecular complexity index is 1110. The highest BCUT2D eigenvalue weighted by Crippen LogP contribution is 2.24. The van der Waals surface area contributed by atoms with Crippen LogP contribution < -0.4 is 16.0 Å². The number of rotatable bonds is 4. The average molecular weight is 508 g/mol. The number of halogens is 2. The number of ether oxygens (including phenoxy) is 1. The van der Waals surface area contributed by atoms with Gasteiger partial charge in [0.25, 0.3) is 11.8 Å². The second-order valence-electron chi connectivity index (χ2n) is 6.82. The first-order valence-electron chi connectivity index (χ1n) is 9.26. The summed E-state index contributed by atoms with van der Waals surface area (Å²) in [6.45, 7) is 0.546. The number of carbonyl (C=O) groups is 2. The number of hydrogen-bond donors (Lipinski definition) is 3. The molecule has 2 atom stereocenters. The molecular formula is C21H20BrClN4O4. The van der Waals surface area contributed by atoms with Gasteiger partial charge < -0.3 is 25.8 Å². The van der Waals surface area contributed by atoms with E-state index in [4.69, 9.17) is 10.5 Å². The molecule has 0 unspecified atom stereocenters. The van der Waals surface area contributed by atoms with Crippen molar-refractivity contribution in [2.24, 2.45) is 0 Å². The molecule has 1 saturated heterocycles. The number of morpholine rings is 1. The zero-order valence-corrected chi connectivity index (χ0v) is 18.6. The Morgan fingerprint density at radius 3 is 2.74 bits per heavy atom. The number of nitrogens with two attached hydrogens (primary N) is 1. The van der Waals surface area contributed by atoms with Gasteiger partial charge in [-0.3, -0.25) is 9.59 Å². The van der Waals surface area contributed by atoms with Gasteiger partial charge in [0.15, 0.2) is 12.2 Å². The van der Waals surface area contributed by atoms with Crippen LogP contribution in [0.2, 0.25) is 0 Å². The lowest BCUT2D eigenvalue weighted by atomic mass is 10.1. The number of benzene rings is 2. The van der Waals surface area contributed by atoms with E-state index in [0.717, 1.165) is 15.2 Å². The van der Waals surface area contributed by atoms with Crippen molar-refractivity contribution in [3.63, 3.8) is 0 Å². The molecule has 1 aromatic heterocycles. The predicted molar refractivity (Wildman–Crippen MR) is 124 cm³/mol. The van der Waals surface area contributed by atoms with Crippen molar-refractivity contribution in [2.45, 2.75) is 12.2 Å². The summed E-state index contributed by atoms with van der Waals surface area (Å²) in [5.41, 5.74) is 6.97. The Morgan fingerprint density at radius 1 is 1.26 bits per heavy atom. The second-order valence-corrected chi connectivity index (χ2v) is 7.74. The highest BCUT2D eigenvalue weighted by molar-refractivity contribution is 9.10. The van der Waals surface area contributed by atoms with Crippen LogP contribution in [0.3, 0.4) is 0 Å². The number of fused-ring (bicyclic) bond motifs is 1. The normalized spacial score (nSPS) is 17.2. The van der Waals surface area contributed by atoms with Gasteiger partial charge in [-0.05, 0) is 53.9 Å². The number of aromatic nitrogens is 1. The molecule has 3 aromatic rings. The molecule has 0 spiro atoms. The minimum absolute atomic E-state index is 0. The average Bonchev–Trinajstić information content (AvgIpc) is 2.74. The van der Waals surface area contributed by atoms with Gasteiger partial charge in [0.05, 0.1) is 6.61 Å². The maximum Gasteiger partial charge on any atom is 0.259 e. The smallest absolute Gasteiger partial charge is 0.259 e. The first kappa shape index (κ1) is 23.0. The standard InChI is InChI=1S/C21H19BrN4O4.ClH/c22-13-1-4-15(5-2-13)26-9-10-30-18(21(26)29)17(27)20(28)25-14-3-6-16-12(11-14)7-8-24-19(16)23;/h1-8,11,17-18,27H,9-10H2,(H2,23,24)(H,25,28);1H/t17-,18-;/m1./s1. The fourth-order valence-corrected chi connectivity index (χ4v) is 3.61. The Balaban J connectivity index is 0.00000272. The zero-order valence-electron chi connectivity index (χ0n) is 16.2. The van der Waals surface area contributed by atoms with E-state index in [-0.39, 0.29) is 19.0 Å². The van der Waals surface area contributed by atoms with Crippen molar-refractivity contribution in [3.8, 4) is 0 Å². The lowest BCUT2D eigenvalue weighted by molar-refractivity contribution is -0.150. The topological polar surface area (TPSA) is 118 Å². The highest BCUT2D eigenvalue weighted by atomic mass is 79.9. The summed E-state index contributed by atoms with van der Waals surface area (Å²) >= 11 is 3.36. The van der Waals surface area contributed by atoms with Gasteiger partial charge in [-0.25, -0.2) is 4.98 Å². The van der Waals surface area contributed by atoms with Gasteiger partial charge in [0.2, 0.25) is 0 Å². The molecule has 0 bridgehead atoms. The lowest BCUT2D eigenvalue weighted by Gasteiger charge is -2.34. The van der Waals surface area contributed by atoms with Crippen molar-refractivity contribution >= 4 is 68.1 Å². The van der Waals surface area contributed by atoms with E-state index in [1.807, 2.05) is 12.1 Å². The van der Waals surface area contributed by atoms with Crippen LogP contribution in [0.15, 0.2) is 59.2 Å². The third kappa shape index (κ3) is 4.80. The molecule has 10 heteroatoms. The van der Waals surface area contributed by atoms with Gasteiger partial charge in [0, 0.05) is 34.0 Å². The van der Waals surface area contributed by atoms with Crippen molar-refractivity contribution in [3.05, 3.63) is 59.2 Å². The van der Waals surface area contributed by atoms with Gasteiger partial charge in [-0.15, -0.1) is 12.4 Å². The fourth-order valence-electron chi connectivity index (χ4n) is 3.34. The number of nitrogen functional groups attached to an aromatic ring is 1. The number of aliphatic hydroxyl groups is 1. The first-order chi connectivity index (χ1) is 14.4. The molecule has 31 heavy (non-hydrogen) atoms. The van der Waals surface area contributed by atoms with Crippen LogP contribution >= 0.6 is 28.3 Å². The third-order valence-electron chi connectivity index (χ3n) is 4.88. The van der Waals surface area contributed by atoms with Crippen LogP contribution in [-0.4, -0.2) is 47.3 Å². The summed E-state index contributed by atoms with van der Waals surface area (Å²) in [5.74, 6) is -0.810. The number of carbonyl (C=O) groups excluding carboxylic acids is 2. The Hall–Kier alpha value is -2.72. The molecule has 162 valence electrons. The van der Waals surface area contributed by atoms with Crippen LogP contribution in [0.4, 0.5) is 17.2 Å². The molecule has 1 aliphatic rings. The van der Waals surface area contributed by atoms with E-state index in [1.165, 1.54) is 4.90 Å². The number of amides is 2. The van der Waals surface area contributed by atoms with Crippen LogP contribution in [0.1, 0.15) is 0 Å². The number of anilines is 3. The number of hydrogen-bond acceptors (Lipinski definition) is 6. The monoisotopic (exact) mass is 506 g/mol. The highest BCUT2D eigenvalue weighted by Gasteiger charge is 2.39. The molecule has 2 aromatic carbocycles. The van der Waals surface area contributed by atoms with Crippen LogP contribution in [0, 0.1) is 0 Å². The van der Waals surface area contributed by atoms with Gasteiger partial charge in [-0.2, -0.15) is 0 Å². The summed E-state index contributed by atoms with van der Waals surface area (Å²) in [6, 6.07) is 14.1. The summed E-state index contributed by atoms with van der Waals surface area (Å²) in [6.07, 6.45) is -1.37. The number of aliphatic hydroxyl groups excluding tert-OH is 1. The van der Waals surface area contributed by atoms with E-state index in [0.29, 0.717) is 23.7 Å².